The molecule has 0 atom stereocenters. The lowest BCUT2D eigenvalue weighted by molar-refractivity contribution is -0.0498. The maximum atomic E-state index is 12.1. The van der Waals surface area contributed by atoms with E-state index < -0.39 is 6.61 Å². The summed E-state index contributed by atoms with van der Waals surface area (Å²) < 4.78 is 30.7. The molecule has 0 saturated heterocycles. The van der Waals surface area contributed by atoms with Gasteiger partial charge in [0.2, 0.25) is 0 Å². The molecule has 2 heterocycles. The fraction of sp³-hybridized carbons (Fsp3) is 0.467. The molecular formula is C15H18F2N4O. The van der Waals surface area contributed by atoms with Gasteiger partial charge in [0.25, 0.3) is 0 Å². The van der Waals surface area contributed by atoms with E-state index in [1.807, 2.05) is 0 Å². The number of hydrogen-bond donors (Lipinski definition) is 1. The molecule has 1 aromatic carbocycles. The highest BCUT2D eigenvalue weighted by Gasteiger charge is 2.14. The minimum atomic E-state index is -2.80. The molecule has 0 bridgehead atoms. The Kier molecular flexibility index (Phi) is 4.50. The standard InChI is InChI=1S/C15H18F2N4O/c16-15(17)22-12-7-5-11(6-8-12)18-10-14-20-19-13-4-2-1-3-9-21(13)14/h5-8,15,18H,1-4,9-10H2. The van der Waals surface area contributed by atoms with Crippen LogP contribution in [0, 0.1) is 0 Å². The molecule has 0 spiro atoms. The second kappa shape index (κ2) is 6.72. The third kappa shape index (κ3) is 3.52. The topological polar surface area (TPSA) is 52.0 Å². The number of benzene rings is 1. The maximum Gasteiger partial charge on any atom is 0.387 e. The van der Waals surface area contributed by atoms with Gasteiger partial charge in [-0.25, -0.2) is 0 Å². The first-order valence-corrected chi connectivity index (χ1v) is 7.42. The third-order valence-electron chi connectivity index (χ3n) is 3.72. The highest BCUT2D eigenvalue weighted by Crippen LogP contribution is 2.19. The van der Waals surface area contributed by atoms with Crippen LogP contribution in [-0.2, 0) is 19.5 Å². The van der Waals surface area contributed by atoms with Crippen LogP contribution in [-0.4, -0.2) is 21.4 Å². The Morgan fingerprint density at radius 2 is 1.95 bits per heavy atom. The van der Waals surface area contributed by atoms with E-state index in [0.29, 0.717) is 6.54 Å². The zero-order valence-corrected chi connectivity index (χ0v) is 12.1. The highest BCUT2D eigenvalue weighted by atomic mass is 19.3. The van der Waals surface area contributed by atoms with Crippen LogP contribution in [0.3, 0.4) is 0 Å². The van der Waals surface area contributed by atoms with Crippen LogP contribution in [0.1, 0.15) is 30.9 Å². The van der Waals surface area contributed by atoms with E-state index in [1.165, 1.54) is 18.6 Å². The molecular weight excluding hydrogens is 290 g/mol. The van der Waals surface area contributed by atoms with Gasteiger partial charge in [0.15, 0.2) is 5.82 Å². The van der Waals surface area contributed by atoms with Crippen LogP contribution < -0.4 is 10.1 Å². The summed E-state index contributed by atoms with van der Waals surface area (Å²) in [6.07, 6.45) is 4.52. The number of aryl methyl sites for hydroxylation is 1. The predicted molar refractivity (Wildman–Crippen MR) is 78.0 cm³/mol. The largest absolute Gasteiger partial charge is 0.435 e. The van der Waals surface area contributed by atoms with Gasteiger partial charge < -0.3 is 14.6 Å². The summed E-state index contributed by atoms with van der Waals surface area (Å²) in [5.41, 5.74) is 0.826. The monoisotopic (exact) mass is 308 g/mol. The lowest BCUT2D eigenvalue weighted by Gasteiger charge is -2.10. The summed E-state index contributed by atoms with van der Waals surface area (Å²) >= 11 is 0. The summed E-state index contributed by atoms with van der Waals surface area (Å²) in [4.78, 5) is 0. The average molecular weight is 308 g/mol. The van der Waals surface area contributed by atoms with Crippen molar-refractivity contribution in [3.8, 4) is 5.75 Å². The van der Waals surface area contributed by atoms with E-state index >= 15 is 0 Å². The molecule has 1 N–H and O–H groups in total. The van der Waals surface area contributed by atoms with Gasteiger partial charge in [-0.05, 0) is 37.1 Å². The Morgan fingerprint density at radius 3 is 2.73 bits per heavy atom. The van der Waals surface area contributed by atoms with Gasteiger partial charge in [0.1, 0.15) is 11.6 Å². The van der Waals surface area contributed by atoms with Crippen LogP contribution in [0.2, 0.25) is 0 Å². The van der Waals surface area contributed by atoms with E-state index in [0.717, 1.165) is 43.1 Å². The summed E-state index contributed by atoms with van der Waals surface area (Å²) in [5, 5.41) is 11.7. The van der Waals surface area contributed by atoms with Crippen LogP contribution >= 0.6 is 0 Å². The normalized spacial score (nSPS) is 14.5. The Hall–Kier alpha value is -2.18. The molecule has 1 aliphatic heterocycles. The fourth-order valence-corrected chi connectivity index (χ4v) is 2.61. The van der Waals surface area contributed by atoms with E-state index in [1.54, 1.807) is 12.1 Å². The number of fused-ring (bicyclic) bond motifs is 1. The number of hydrogen-bond acceptors (Lipinski definition) is 4. The lowest BCUT2D eigenvalue weighted by Crippen LogP contribution is -2.10. The summed E-state index contributed by atoms with van der Waals surface area (Å²) in [7, 11) is 0. The minimum absolute atomic E-state index is 0.150. The molecule has 1 aromatic heterocycles. The maximum absolute atomic E-state index is 12.1. The molecule has 0 aliphatic carbocycles. The van der Waals surface area contributed by atoms with Crippen LogP contribution in [0.5, 0.6) is 5.75 Å². The third-order valence-corrected chi connectivity index (χ3v) is 3.72. The summed E-state index contributed by atoms with van der Waals surface area (Å²) in [6.45, 7) is -1.28. The number of aromatic nitrogens is 3. The molecule has 0 saturated carbocycles. The first-order chi connectivity index (χ1) is 10.7. The molecule has 1 aliphatic rings. The highest BCUT2D eigenvalue weighted by molar-refractivity contribution is 5.46. The number of halogens is 2. The van der Waals surface area contributed by atoms with Gasteiger partial charge in [0.05, 0.1) is 6.54 Å². The Balaban J connectivity index is 1.62. The molecule has 22 heavy (non-hydrogen) atoms. The van der Waals surface area contributed by atoms with Crippen molar-refractivity contribution < 1.29 is 13.5 Å². The SMILES string of the molecule is FC(F)Oc1ccc(NCc2nnc3n2CCCCC3)cc1. The molecule has 118 valence electrons. The van der Waals surface area contributed by atoms with Crippen LogP contribution in [0.4, 0.5) is 14.5 Å². The van der Waals surface area contributed by atoms with Gasteiger partial charge in [-0.3, -0.25) is 0 Å². The van der Waals surface area contributed by atoms with E-state index in [-0.39, 0.29) is 5.75 Å². The number of alkyl halides is 2. The van der Waals surface area contributed by atoms with E-state index in [2.05, 4.69) is 24.8 Å². The lowest BCUT2D eigenvalue weighted by atomic mass is 10.2. The van der Waals surface area contributed by atoms with Gasteiger partial charge >= 0.3 is 6.61 Å². The van der Waals surface area contributed by atoms with Crippen LogP contribution in [0.15, 0.2) is 24.3 Å². The van der Waals surface area contributed by atoms with Crippen molar-refractivity contribution in [1.82, 2.24) is 14.8 Å². The zero-order valence-electron chi connectivity index (χ0n) is 12.1. The van der Waals surface area contributed by atoms with Gasteiger partial charge in [-0.15, -0.1) is 10.2 Å². The Labute approximate surface area is 127 Å². The predicted octanol–water partition coefficient (Wildman–Crippen LogP) is 3.22. The van der Waals surface area contributed by atoms with Crippen molar-refractivity contribution in [2.24, 2.45) is 0 Å². The smallest absolute Gasteiger partial charge is 0.387 e. The molecule has 0 unspecified atom stereocenters. The number of nitrogens with zero attached hydrogens (tertiary/aromatic N) is 3. The fourth-order valence-electron chi connectivity index (χ4n) is 2.61. The summed E-state index contributed by atoms with van der Waals surface area (Å²) in [6, 6.07) is 6.44. The quantitative estimate of drug-likeness (QED) is 0.921. The molecule has 3 rings (SSSR count). The molecule has 7 heteroatoms. The van der Waals surface area contributed by atoms with Gasteiger partial charge in [0, 0.05) is 18.7 Å². The van der Waals surface area contributed by atoms with Crippen molar-refractivity contribution in [2.45, 2.75) is 45.4 Å². The van der Waals surface area contributed by atoms with Crippen molar-refractivity contribution in [3.63, 3.8) is 0 Å². The first kappa shape index (κ1) is 14.7. The van der Waals surface area contributed by atoms with Crippen molar-refractivity contribution in [3.05, 3.63) is 35.9 Å². The Bertz CT molecular complexity index is 613. The van der Waals surface area contributed by atoms with Crippen molar-refractivity contribution >= 4 is 5.69 Å². The minimum Gasteiger partial charge on any atom is -0.435 e. The van der Waals surface area contributed by atoms with Gasteiger partial charge in [-0.2, -0.15) is 8.78 Å². The number of nitrogens with one attached hydrogen (secondary N) is 1. The molecule has 5 nitrogen and oxygen atoms in total. The average Bonchev–Trinajstić information content (AvgIpc) is 2.73. The molecule has 0 amide bonds. The number of ether oxygens (including phenoxy) is 1. The number of rotatable bonds is 5. The molecule has 2 aromatic rings. The summed E-state index contributed by atoms with van der Waals surface area (Å²) in [5.74, 6) is 2.11. The van der Waals surface area contributed by atoms with Crippen molar-refractivity contribution in [1.29, 1.82) is 0 Å². The zero-order chi connectivity index (χ0) is 15.4. The van der Waals surface area contributed by atoms with Crippen LogP contribution in [0.25, 0.3) is 0 Å². The number of anilines is 1. The molecule has 0 radical (unpaired) electrons. The Morgan fingerprint density at radius 1 is 1.14 bits per heavy atom. The van der Waals surface area contributed by atoms with Gasteiger partial charge in [-0.1, -0.05) is 6.42 Å². The first-order valence-electron chi connectivity index (χ1n) is 7.42. The second-order valence-corrected chi connectivity index (χ2v) is 5.25. The van der Waals surface area contributed by atoms with E-state index in [9.17, 15) is 8.78 Å². The second-order valence-electron chi connectivity index (χ2n) is 5.25. The van der Waals surface area contributed by atoms with E-state index in [4.69, 9.17) is 0 Å². The molecule has 0 fully saturated rings. The van der Waals surface area contributed by atoms with Crippen molar-refractivity contribution in [2.75, 3.05) is 5.32 Å².